The number of aromatic nitrogens is 2. The lowest BCUT2D eigenvalue weighted by molar-refractivity contribution is -0.123. The third-order valence-electron chi connectivity index (χ3n) is 6.65. The van der Waals surface area contributed by atoms with Crippen LogP contribution >= 0.6 is 11.3 Å². The van der Waals surface area contributed by atoms with E-state index in [2.05, 4.69) is 22.2 Å². The van der Waals surface area contributed by atoms with Crippen molar-refractivity contribution in [3.05, 3.63) is 59.4 Å². The minimum Gasteiger partial charge on any atom is -0.465 e. The normalized spacial score (nSPS) is 17.3. The van der Waals surface area contributed by atoms with Crippen LogP contribution in [0.15, 0.2) is 48.8 Å². The smallest absolute Gasteiger partial charge is 0.350 e. The molecule has 0 saturated heterocycles. The molecule has 1 N–H and O–H groups in total. The van der Waals surface area contributed by atoms with Gasteiger partial charge in [0.1, 0.15) is 16.4 Å². The summed E-state index contributed by atoms with van der Waals surface area (Å²) < 4.78 is 5.06. The van der Waals surface area contributed by atoms with Crippen LogP contribution in [0.2, 0.25) is 0 Å². The largest absolute Gasteiger partial charge is 0.465 e. The van der Waals surface area contributed by atoms with E-state index < -0.39 is 5.97 Å². The Bertz CT molecular complexity index is 1250. The molecule has 1 saturated carbocycles. The second kappa shape index (κ2) is 11.6. The highest BCUT2D eigenvalue weighted by atomic mass is 32.1. The summed E-state index contributed by atoms with van der Waals surface area (Å²) in [6.07, 6.45) is 6.99. The number of methoxy groups -OCH3 is 1. The molecule has 3 heterocycles. The molecule has 0 atom stereocenters. The zero-order valence-electron chi connectivity index (χ0n) is 21.6. The van der Waals surface area contributed by atoms with Crippen molar-refractivity contribution in [3.8, 4) is 10.4 Å². The fourth-order valence-corrected chi connectivity index (χ4v) is 5.65. The monoisotopic (exact) mass is 520 g/mol. The molecule has 2 amide bonds. The molecule has 4 rings (SSSR count). The predicted octanol–water partition coefficient (Wildman–Crippen LogP) is 5.81. The first-order valence-electron chi connectivity index (χ1n) is 12.5. The lowest BCUT2D eigenvalue weighted by Crippen LogP contribution is -2.42. The Morgan fingerprint density at radius 2 is 1.84 bits per heavy atom. The second-order valence-corrected chi connectivity index (χ2v) is 10.7. The summed E-state index contributed by atoms with van der Waals surface area (Å²) in [5.41, 5.74) is 1.63. The maximum Gasteiger partial charge on any atom is 0.350 e. The molecule has 1 fully saturated rings. The Labute approximate surface area is 221 Å². The van der Waals surface area contributed by atoms with Gasteiger partial charge in [-0.15, -0.1) is 11.3 Å². The van der Waals surface area contributed by atoms with Crippen LogP contribution in [-0.4, -0.2) is 40.9 Å². The molecular formula is C28H32N4O4S. The molecule has 0 aliphatic heterocycles. The van der Waals surface area contributed by atoms with Gasteiger partial charge < -0.3 is 15.0 Å². The van der Waals surface area contributed by atoms with Crippen molar-refractivity contribution in [2.75, 3.05) is 17.3 Å². The standard InChI is InChI=1S/C28H32N4O4S/c1-17(2)32(27(34)19-10-8-18(3)9-11-19)22-15-23(37-25(22)28(35)36-4)20-12-13-24(30-16-20)31-26(33)21-7-5-6-14-29-21/h5-7,12-19H,8-11H2,1-4H3,(H,30,31,33). The molecule has 0 unspecified atom stereocenters. The van der Waals surface area contributed by atoms with Gasteiger partial charge in [0.05, 0.1) is 12.8 Å². The number of nitrogens with one attached hydrogen (secondary N) is 1. The molecule has 194 valence electrons. The fraction of sp³-hybridized carbons (Fsp3) is 0.393. The van der Waals surface area contributed by atoms with Crippen molar-refractivity contribution in [1.82, 2.24) is 9.97 Å². The van der Waals surface area contributed by atoms with Crippen LogP contribution in [0.25, 0.3) is 10.4 Å². The van der Waals surface area contributed by atoms with E-state index in [9.17, 15) is 14.4 Å². The summed E-state index contributed by atoms with van der Waals surface area (Å²) in [4.78, 5) is 50.1. The molecule has 0 bridgehead atoms. The predicted molar refractivity (Wildman–Crippen MR) is 145 cm³/mol. The van der Waals surface area contributed by atoms with Crippen LogP contribution in [0.3, 0.4) is 0 Å². The summed E-state index contributed by atoms with van der Waals surface area (Å²) in [7, 11) is 1.34. The van der Waals surface area contributed by atoms with Gasteiger partial charge in [0.15, 0.2) is 0 Å². The molecule has 1 aliphatic rings. The van der Waals surface area contributed by atoms with E-state index in [0.717, 1.165) is 36.1 Å². The number of carbonyl (C=O) groups excluding carboxylic acids is 3. The summed E-state index contributed by atoms with van der Waals surface area (Å²) in [6.45, 7) is 6.15. The fourth-order valence-electron chi connectivity index (χ4n) is 4.59. The molecule has 3 aromatic heterocycles. The van der Waals surface area contributed by atoms with E-state index in [1.807, 2.05) is 26.0 Å². The van der Waals surface area contributed by atoms with E-state index >= 15 is 0 Å². The van der Waals surface area contributed by atoms with Crippen molar-refractivity contribution in [2.24, 2.45) is 11.8 Å². The Morgan fingerprint density at radius 3 is 2.43 bits per heavy atom. The highest BCUT2D eigenvalue weighted by molar-refractivity contribution is 7.18. The SMILES string of the molecule is COC(=O)c1sc(-c2ccc(NC(=O)c3ccccn3)nc2)cc1N(C(=O)C1CCC(C)CC1)C(C)C. The first-order chi connectivity index (χ1) is 17.8. The molecule has 0 aromatic carbocycles. The number of nitrogens with zero attached hydrogens (tertiary/aromatic N) is 3. The second-order valence-electron chi connectivity index (χ2n) is 9.68. The molecular weight excluding hydrogens is 488 g/mol. The number of esters is 1. The maximum atomic E-state index is 13.6. The van der Waals surface area contributed by atoms with Gasteiger partial charge in [0.25, 0.3) is 5.91 Å². The number of rotatable bonds is 7. The van der Waals surface area contributed by atoms with Gasteiger partial charge in [0, 0.05) is 34.8 Å². The van der Waals surface area contributed by atoms with E-state index in [1.54, 1.807) is 41.6 Å². The lowest BCUT2D eigenvalue weighted by atomic mass is 9.82. The number of anilines is 2. The van der Waals surface area contributed by atoms with Gasteiger partial charge in [-0.25, -0.2) is 9.78 Å². The van der Waals surface area contributed by atoms with Gasteiger partial charge in [0.2, 0.25) is 5.91 Å². The molecule has 9 heteroatoms. The molecule has 1 aliphatic carbocycles. The van der Waals surface area contributed by atoms with Crippen LogP contribution < -0.4 is 10.2 Å². The number of amides is 2. The van der Waals surface area contributed by atoms with Crippen molar-refractivity contribution < 1.29 is 19.1 Å². The molecule has 0 spiro atoms. The van der Waals surface area contributed by atoms with E-state index in [4.69, 9.17) is 4.74 Å². The Hall–Kier alpha value is -3.59. The van der Waals surface area contributed by atoms with Crippen molar-refractivity contribution in [3.63, 3.8) is 0 Å². The zero-order valence-corrected chi connectivity index (χ0v) is 22.4. The van der Waals surface area contributed by atoms with Crippen LogP contribution in [0.1, 0.15) is 66.6 Å². The summed E-state index contributed by atoms with van der Waals surface area (Å²) in [5, 5.41) is 2.73. The van der Waals surface area contributed by atoms with Gasteiger partial charge in [-0.3, -0.25) is 14.6 Å². The quantitative estimate of drug-likeness (QED) is 0.395. The molecule has 37 heavy (non-hydrogen) atoms. The summed E-state index contributed by atoms with van der Waals surface area (Å²) in [6, 6.07) is 10.4. The van der Waals surface area contributed by atoms with Crippen molar-refractivity contribution >= 4 is 40.6 Å². The zero-order chi connectivity index (χ0) is 26.5. The van der Waals surface area contributed by atoms with Gasteiger partial charge in [-0.2, -0.15) is 0 Å². The van der Waals surface area contributed by atoms with E-state index in [-0.39, 0.29) is 23.8 Å². The van der Waals surface area contributed by atoms with Gasteiger partial charge in [-0.05, 0) is 75.8 Å². The van der Waals surface area contributed by atoms with Crippen LogP contribution in [0, 0.1) is 11.8 Å². The Balaban J connectivity index is 1.61. The number of ether oxygens (including phenoxy) is 1. The first-order valence-corrected chi connectivity index (χ1v) is 13.3. The highest BCUT2D eigenvalue weighted by Crippen LogP contribution is 2.40. The third kappa shape index (κ3) is 6.05. The van der Waals surface area contributed by atoms with E-state index in [1.165, 1.54) is 18.4 Å². The number of carbonyl (C=O) groups is 3. The minimum absolute atomic E-state index is 0.0453. The average Bonchev–Trinajstić information content (AvgIpc) is 3.34. The highest BCUT2D eigenvalue weighted by Gasteiger charge is 2.33. The molecule has 0 radical (unpaired) electrons. The van der Waals surface area contributed by atoms with E-state index in [0.29, 0.717) is 28.0 Å². The average molecular weight is 521 g/mol. The summed E-state index contributed by atoms with van der Waals surface area (Å²) >= 11 is 1.27. The minimum atomic E-state index is -0.478. The molecule has 3 aromatic rings. The van der Waals surface area contributed by atoms with Gasteiger partial charge >= 0.3 is 5.97 Å². The van der Waals surface area contributed by atoms with Gasteiger partial charge in [-0.1, -0.05) is 13.0 Å². The number of hydrogen-bond donors (Lipinski definition) is 1. The van der Waals surface area contributed by atoms with Crippen molar-refractivity contribution in [1.29, 1.82) is 0 Å². The topological polar surface area (TPSA) is 101 Å². The van der Waals surface area contributed by atoms with Crippen molar-refractivity contribution in [2.45, 2.75) is 52.5 Å². The molecule has 8 nitrogen and oxygen atoms in total. The first kappa shape index (κ1) is 26.5. The van der Waals surface area contributed by atoms with Crippen LogP contribution in [0.4, 0.5) is 11.5 Å². The van der Waals surface area contributed by atoms with Crippen LogP contribution in [-0.2, 0) is 9.53 Å². The third-order valence-corrected chi connectivity index (χ3v) is 7.80. The number of hydrogen-bond acceptors (Lipinski definition) is 7. The maximum absolute atomic E-state index is 13.6. The number of thiophene rings is 1. The number of pyridine rings is 2. The summed E-state index contributed by atoms with van der Waals surface area (Å²) in [5.74, 6) is 0.205. The van der Waals surface area contributed by atoms with Crippen LogP contribution in [0.5, 0.6) is 0 Å². The lowest BCUT2D eigenvalue weighted by Gasteiger charge is -2.33. The Kier molecular flexibility index (Phi) is 8.33. The Morgan fingerprint density at radius 1 is 1.08 bits per heavy atom.